The number of hydrogen-bond acceptors (Lipinski definition) is 4. The number of ether oxygens (including phenoxy) is 1. The molecule has 7 nitrogen and oxygen atoms in total. The highest BCUT2D eigenvalue weighted by Crippen LogP contribution is 2.22. The Labute approximate surface area is 174 Å². The maximum Gasteiger partial charge on any atom is 0.408 e. The number of hydrogen-bond donors (Lipinski definition) is 3. The van der Waals surface area contributed by atoms with Gasteiger partial charge >= 0.3 is 12.1 Å². The minimum Gasteiger partial charge on any atom is -0.481 e. The predicted octanol–water partition coefficient (Wildman–Crippen LogP) is 3.69. The number of aromatic nitrogens is 1. The van der Waals surface area contributed by atoms with Crippen molar-refractivity contribution in [1.82, 2.24) is 10.3 Å². The molecule has 0 saturated carbocycles. The first-order valence-electron chi connectivity index (χ1n) is 9.71. The van der Waals surface area contributed by atoms with Crippen molar-refractivity contribution in [3.63, 3.8) is 0 Å². The van der Waals surface area contributed by atoms with Gasteiger partial charge in [0.25, 0.3) is 0 Å². The second-order valence-electron chi connectivity index (χ2n) is 7.20. The fraction of sp³-hybridized carbons (Fsp3) is 0.261. The fourth-order valence-corrected chi connectivity index (χ4v) is 3.25. The summed E-state index contributed by atoms with van der Waals surface area (Å²) in [6.45, 7) is 1.61. The molecule has 0 radical (unpaired) electrons. The number of para-hydroxylation sites is 1. The number of H-pyrrole nitrogens is 1. The molecule has 0 aliphatic carbocycles. The van der Waals surface area contributed by atoms with Gasteiger partial charge in [0.2, 0.25) is 0 Å². The molecule has 1 aromatic heterocycles. The quantitative estimate of drug-likeness (QED) is 0.500. The minimum atomic E-state index is -1.05. The molecule has 1 amide bonds. The van der Waals surface area contributed by atoms with Crippen LogP contribution in [0.2, 0.25) is 0 Å². The van der Waals surface area contributed by atoms with E-state index in [0.717, 1.165) is 22.0 Å². The fourth-order valence-electron chi connectivity index (χ4n) is 3.25. The average molecular weight is 408 g/mol. The van der Waals surface area contributed by atoms with Crippen LogP contribution in [0.15, 0.2) is 60.8 Å². The molecule has 0 aliphatic heterocycles. The summed E-state index contributed by atoms with van der Waals surface area (Å²) >= 11 is 0. The van der Waals surface area contributed by atoms with Crippen molar-refractivity contribution < 1.29 is 24.2 Å². The van der Waals surface area contributed by atoms with E-state index in [0.29, 0.717) is 0 Å². The number of carboxylic acid groups (broad SMARTS) is 1. The Morgan fingerprint density at radius 3 is 2.50 bits per heavy atom. The minimum absolute atomic E-state index is 0.0892. The largest absolute Gasteiger partial charge is 0.481 e. The van der Waals surface area contributed by atoms with Crippen molar-refractivity contribution in [2.45, 2.75) is 32.4 Å². The highest BCUT2D eigenvalue weighted by atomic mass is 16.5. The summed E-state index contributed by atoms with van der Waals surface area (Å²) in [4.78, 5) is 39.3. The zero-order valence-electron chi connectivity index (χ0n) is 16.6. The zero-order valence-corrected chi connectivity index (χ0v) is 16.6. The Bertz CT molecular complexity index is 1030. The molecule has 0 aliphatic rings. The van der Waals surface area contributed by atoms with E-state index in [9.17, 15) is 19.5 Å². The van der Waals surface area contributed by atoms with Gasteiger partial charge in [0.05, 0.1) is 12.0 Å². The smallest absolute Gasteiger partial charge is 0.408 e. The Balaban J connectivity index is 1.55. The Morgan fingerprint density at radius 2 is 1.77 bits per heavy atom. The number of Topliss-reactive ketones (excluding diaryl/α,β-unsaturated/α-hetero) is 1. The molecule has 2 aromatic carbocycles. The van der Waals surface area contributed by atoms with Gasteiger partial charge < -0.3 is 20.1 Å². The van der Waals surface area contributed by atoms with Gasteiger partial charge in [0.1, 0.15) is 6.61 Å². The first-order valence-corrected chi connectivity index (χ1v) is 9.71. The van der Waals surface area contributed by atoms with Crippen LogP contribution in [0.25, 0.3) is 10.9 Å². The van der Waals surface area contributed by atoms with Gasteiger partial charge in [-0.15, -0.1) is 0 Å². The molecule has 3 rings (SSSR count). The third kappa shape index (κ3) is 5.47. The highest BCUT2D eigenvalue weighted by Gasteiger charge is 2.26. The van der Waals surface area contributed by atoms with E-state index < -0.39 is 24.0 Å². The number of carboxylic acids is 1. The highest BCUT2D eigenvalue weighted by molar-refractivity contribution is 5.90. The molecule has 2 atom stereocenters. The number of amides is 1. The SMILES string of the molecule is C[C@@H](NC(=O)OCc1ccccc1)C(=O)CC(Cc1c[nH]c2ccccc12)C(=O)O. The number of nitrogens with one attached hydrogen (secondary N) is 2. The number of carbonyl (C=O) groups excluding carboxylic acids is 2. The summed E-state index contributed by atoms with van der Waals surface area (Å²) in [6, 6.07) is 15.9. The normalized spacial score (nSPS) is 12.8. The second kappa shape index (κ2) is 9.73. The van der Waals surface area contributed by atoms with Crippen LogP contribution in [0, 0.1) is 5.92 Å². The lowest BCUT2D eigenvalue weighted by Crippen LogP contribution is -2.40. The molecule has 156 valence electrons. The third-order valence-corrected chi connectivity index (χ3v) is 4.97. The first-order chi connectivity index (χ1) is 14.4. The summed E-state index contributed by atoms with van der Waals surface area (Å²) < 4.78 is 5.11. The molecule has 0 bridgehead atoms. The Hall–Kier alpha value is -3.61. The van der Waals surface area contributed by atoms with Crippen LogP contribution < -0.4 is 5.32 Å². The summed E-state index contributed by atoms with van der Waals surface area (Å²) in [5, 5.41) is 13.0. The number of carbonyl (C=O) groups is 3. The summed E-state index contributed by atoms with van der Waals surface area (Å²) in [5.74, 6) is -2.30. The standard InChI is InChI=1S/C23H24N2O5/c1-15(25-23(29)30-14-16-7-3-2-4-8-16)21(26)12-17(22(27)28)11-18-13-24-20-10-6-5-9-19(18)20/h2-10,13,15,17,24H,11-12,14H2,1H3,(H,25,29)(H,27,28)/t15-,17?/m1/s1. The van der Waals surface area contributed by atoms with Crippen LogP contribution in [0.1, 0.15) is 24.5 Å². The average Bonchev–Trinajstić information content (AvgIpc) is 3.15. The molecule has 1 heterocycles. The van der Waals surface area contributed by atoms with Gasteiger partial charge in [0.15, 0.2) is 5.78 Å². The van der Waals surface area contributed by atoms with Crippen LogP contribution in [0.5, 0.6) is 0 Å². The number of benzene rings is 2. The lowest BCUT2D eigenvalue weighted by Gasteiger charge is -2.16. The van der Waals surface area contributed by atoms with Crippen molar-refractivity contribution in [2.75, 3.05) is 0 Å². The molecule has 30 heavy (non-hydrogen) atoms. The van der Waals surface area contributed by atoms with Gasteiger partial charge in [0, 0.05) is 23.5 Å². The van der Waals surface area contributed by atoms with Crippen molar-refractivity contribution in [1.29, 1.82) is 0 Å². The lowest BCUT2D eigenvalue weighted by atomic mass is 9.92. The van der Waals surface area contributed by atoms with Gasteiger partial charge in [-0.05, 0) is 30.5 Å². The molecule has 3 aromatic rings. The molecule has 3 N–H and O–H groups in total. The molecule has 0 spiro atoms. The predicted molar refractivity (Wildman–Crippen MR) is 112 cm³/mol. The van der Waals surface area contributed by atoms with Crippen LogP contribution >= 0.6 is 0 Å². The Kier molecular flexibility index (Phi) is 6.85. The number of aromatic amines is 1. The number of ketones is 1. The summed E-state index contributed by atoms with van der Waals surface area (Å²) in [7, 11) is 0. The topological polar surface area (TPSA) is 108 Å². The monoisotopic (exact) mass is 408 g/mol. The summed E-state index contributed by atoms with van der Waals surface area (Å²) in [5.41, 5.74) is 2.59. The molecule has 0 saturated heterocycles. The van der Waals surface area contributed by atoms with E-state index in [-0.39, 0.29) is 25.2 Å². The van der Waals surface area contributed by atoms with Gasteiger partial charge in [-0.25, -0.2) is 4.79 Å². The van der Waals surface area contributed by atoms with Crippen LogP contribution in [0.3, 0.4) is 0 Å². The second-order valence-corrected chi connectivity index (χ2v) is 7.20. The maximum absolute atomic E-state index is 12.5. The van der Waals surface area contributed by atoms with E-state index in [1.807, 2.05) is 54.6 Å². The zero-order chi connectivity index (χ0) is 21.5. The van der Waals surface area contributed by atoms with Crippen molar-refractivity contribution in [2.24, 2.45) is 5.92 Å². The van der Waals surface area contributed by atoms with Crippen molar-refractivity contribution >= 4 is 28.7 Å². The molecular formula is C23H24N2O5. The van der Waals surface area contributed by atoms with Gasteiger partial charge in [-0.2, -0.15) is 0 Å². The number of fused-ring (bicyclic) bond motifs is 1. The van der Waals surface area contributed by atoms with E-state index in [1.165, 1.54) is 6.92 Å². The lowest BCUT2D eigenvalue weighted by molar-refractivity contribution is -0.143. The van der Waals surface area contributed by atoms with Gasteiger partial charge in [-0.3, -0.25) is 9.59 Å². The van der Waals surface area contributed by atoms with E-state index in [1.54, 1.807) is 6.20 Å². The summed E-state index contributed by atoms with van der Waals surface area (Å²) in [6.07, 6.45) is 1.09. The Morgan fingerprint density at radius 1 is 1.07 bits per heavy atom. The molecule has 7 heteroatoms. The molecular weight excluding hydrogens is 384 g/mol. The van der Waals surface area contributed by atoms with E-state index in [4.69, 9.17) is 4.74 Å². The van der Waals surface area contributed by atoms with Gasteiger partial charge in [-0.1, -0.05) is 48.5 Å². The van der Waals surface area contributed by atoms with Crippen LogP contribution in [-0.2, 0) is 27.4 Å². The van der Waals surface area contributed by atoms with Crippen molar-refractivity contribution in [3.8, 4) is 0 Å². The first kappa shape index (κ1) is 21.1. The third-order valence-electron chi connectivity index (χ3n) is 4.97. The van der Waals surface area contributed by atoms with E-state index >= 15 is 0 Å². The number of rotatable bonds is 9. The molecule has 0 fully saturated rings. The van der Waals surface area contributed by atoms with Crippen molar-refractivity contribution in [3.05, 3.63) is 71.9 Å². The van der Waals surface area contributed by atoms with E-state index in [2.05, 4.69) is 10.3 Å². The maximum atomic E-state index is 12.5. The number of alkyl carbamates (subject to hydrolysis) is 1. The van der Waals surface area contributed by atoms with Crippen LogP contribution in [-0.4, -0.2) is 34.0 Å². The molecule has 1 unspecified atom stereocenters. The van der Waals surface area contributed by atoms with Crippen LogP contribution in [0.4, 0.5) is 4.79 Å². The number of aliphatic carboxylic acids is 1.